The number of hydrogen-bond donors (Lipinski definition) is 1. The molecule has 1 aliphatic rings. The number of benzene rings is 2. The van der Waals surface area contributed by atoms with Gasteiger partial charge in [-0.15, -0.1) is 10.2 Å². The number of halogens is 1. The van der Waals surface area contributed by atoms with Gasteiger partial charge in [-0.2, -0.15) is 5.21 Å². The SMILES string of the molecule is CC[C@H](C)C1N=C(c2ccccc2)c2cc(Cl)ccc2N(Cc2nn[nH]n2)C1=O. The number of aliphatic imine (C=N–C) groups is 1. The summed E-state index contributed by atoms with van der Waals surface area (Å²) in [6.45, 7) is 4.31. The number of fused-ring (bicyclic) bond motifs is 1. The van der Waals surface area contributed by atoms with Crippen molar-refractivity contribution in [3.05, 3.63) is 70.5 Å². The summed E-state index contributed by atoms with van der Waals surface area (Å²) in [6, 6.07) is 14.9. The molecule has 3 aromatic rings. The molecule has 1 unspecified atom stereocenters. The van der Waals surface area contributed by atoms with E-state index < -0.39 is 6.04 Å². The Labute approximate surface area is 173 Å². The summed E-state index contributed by atoms with van der Waals surface area (Å²) in [5.41, 5.74) is 3.25. The standard InChI is InChI=1S/C21H21ClN6O/c1-3-13(2)19-21(29)28(12-18-24-26-27-25-18)17-10-9-15(22)11-16(17)20(23-19)14-7-5-4-6-8-14/h4-11,13,19H,3,12H2,1-2H3,(H,24,25,26,27)/t13-,19?/m0/s1. The molecule has 2 aromatic carbocycles. The smallest absolute Gasteiger partial charge is 0.252 e. The third-order valence-corrected chi connectivity index (χ3v) is 5.45. The van der Waals surface area contributed by atoms with Crippen molar-refractivity contribution in [1.29, 1.82) is 0 Å². The van der Waals surface area contributed by atoms with Crippen molar-refractivity contribution in [2.45, 2.75) is 32.9 Å². The van der Waals surface area contributed by atoms with Crippen LogP contribution in [-0.2, 0) is 11.3 Å². The van der Waals surface area contributed by atoms with Crippen LogP contribution in [0.15, 0.2) is 53.5 Å². The first-order valence-corrected chi connectivity index (χ1v) is 9.93. The zero-order valence-electron chi connectivity index (χ0n) is 16.2. The number of tetrazole rings is 1. The molecular weight excluding hydrogens is 388 g/mol. The molecule has 4 rings (SSSR count). The number of aromatic nitrogens is 4. The molecule has 1 aromatic heterocycles. The molecule has 7 nitrogen and oxygen atoms in total. The lowest BCUT2D eigenvalue weighted by Gasteiger charge is -2.26. The summed E-state index contributed by atoms with van der Waals surface area (Å²) >= 11 is 6.34. The number of rotatable bonds is 5. The van der Waals surface area contributed by atoms with E-state index in [1.54, 1.807) is 11.0 Å². The fraction of sp³-hybridized carbons (Fsp3) is 0.286. The van der Waals surface area contributed by atoms with Crippen molar-refractivity contribution in [1.82, 2.24) is 20.6 Å². The minimum atomic E-state index is -0.520. The Kier molecular flexibility index (Phi) is 5.40. The lowest BCUT2D eigenvalue weighted by atomic mass is 9.98. The van der Waals surface area contributed by atoms with E-state index >= 15 is 0 Å². The molecule has 0 bridgehead atoms. The van der Waals surface area contributed by atoms with E-state index in [9.17, 15) is 4.79 Å². The number of H-pyrrole nitrogens is 1. The predicted molar refractivity (Wildman–Crippen MR) is 112 cm³/mol. The maximum absolute atomic E-state index is 13.6. The molecule has 0 saturated carbocycles. The third kappa shape index (κ3) is 3.78. The van der Waals surface area contributed by atoms with Crippen LogP contribution in [0.5, 0.6) is 0 Å². The molecule has 0 spiro atoms. The van der Waals surface area contributed by atoms with Gasteiger partial charge in [0, 0.05) is 16.1 Å². The van der Waals surface area contributed by atoms with Gasteiger partial charge in [0.05, 0.1) is 17.9 Å². The molecule has 2 heterocycles. The number of nitrogens with one attached hydrogen (secondary N) is 1. The van der Waals surface area contributed by atoms with Crippen molar-refractivity contribution >= 4 is 28.9 Å². The van der Waals surface area contributed by atoms with E-state index in [4.69, 9.17) is 16.6 Å². The summed E-state index contributed by atoms with van der Waals surface area (Å²) in [7, 11) is 0. The first kappa shape index (κ1) is 19.3. The first-order chi connectivity index (χ1) is 14.1. The summed E-state index contributed by atoms with van der Waals surface area (Å²) in [5, 5.41) is 14.7. The Morgan fingerprint density at radius 3 is 2.69 bits per heavy atom. The molecular formula is C21H21ClN6O. The normalized spacial score (nSPS) is 17.5. The van der Waals surface area contributed by atoms with Gasteiger partial charge in [0.2, 0.25) is 0 Å². The number of hydrogen-bond acceptors (Lipinski definition) is 5. The van der Waals surface area contributed by atoms with Gasteiger partial charge in [-0.1, -0.05) is 67.4 Å². The summed E-state index contributed by atoms with van der Waals surface area (Å²) in [4.78, 5) is 20.2. The molecule has 2 atom stereocenters. The lowest BCUT2D eigenvalue weighted by Crippen LogP contribution is -2.40. The van der Waals surface area contributed by atoms with E-state index in [-0.39, 0.29) is 18.4 Å². The Morgan fingerprint density at radius 2 is 2.00 bits per heavy atom. The van der Waals surface area contributed by atoms with Crippen LogP contribution in [0.4, 0.5) is 5.69 Å². The highest BCUT2D eigenvalue weighted by molar-refractivity contribution is 6.32. The Hall–Kier alpha value is -3.06. The number of amides is 1. The summed E-state index contributed by atoms with van der Waals surface area (Å²) < 4.78 is 0. The van der Waals surface area contributed by atoms with Gasteiger partial charge < -0.3 is 4.90 Å². The first-order valence-electron chi connectivity index (χ1n) is 9.55. The van der Waals surface area contributed by atoms with Gasteiger partial charge in [-0.05, 0) is 24.1 Å². The summed E-state index contributed by atoms with van der Waals surface area (Å²) in [5.74, 6) is 0.419. The van der Waals surface area contributed by atoms with Crippen LogP contribution in [0, 0.1) is 5.92 Å². The number of nitrogens with zero attached hydrogens (tertiary/aromatic N) is 5. The van der Waals surface area contributed by atoms with Crippen molar-refractivity contribution in [2.75, 3.05) is 4.90 Å². The Morgan fingerprint density at radius 1 is 1.21 bits per heavy atom. The minimum Gasteiger partial charge on any atom is -0.302 e. The predicted octanol–water partition coefficient (Wildman–Crippen LogP) is 3.65. The minimum absolute atomic E-state index is 0.0683. The number of carbonyl (C=O) groups excluding carboxylic acids is 1. The van der Waals surface area contributed by atoms with E-state index in [2.05, 4.69) is 27.5 Å². The highest BCUT2D eigenvalue weighted by atomic mass is 35.5. The van der Waals surface area contributed by atoms with Crippen molar-refractivity contribution in [3.8, 4) is 0 Å². The highest BCUT2D eigenvalue weighted by Crippen LogP contribution is 2.33. The molecule has 0 aliphatic carbocycles. The maximum Gasteiger partial charge on any atom is 0.252 e. The lowest BCUT2D eigenvalue weighted by molar-refractivity contribution is -0.120. The van der Waals surface area contributed by atoms with Crippen LogP contribution < -0.4 is 4.90 Å². The van der Waals surface area contributed by atoms with E-state index in [1.807, 2.05) is 49.4 Å². The average molecular weight is 409 g/mol. The number of benzodiazepines with no additional fused rings is 1. The quantitative estimate of drug-likeness (QED) is 0.698. The molecule has 0 fully saturated rings. The highest BCUT2D eigenvalue weighted by Gasteiger charge is 2.35. The van der Waals surface area contributed by atoms with Crippen LogP contribution >= 0.6 is 11.6 Å². The largest absolute Gasteiger partial charge is 0.302 e. The van der Waals surface area contributed by atoms with Crippen LogP contribution in [0.2, 0.25) is 5.02 Å². The zero-order chi connectivity index (χ0) is 20.4. The number of carbonyl (C=O) groups is 1. The van der Waals surface area contributed by atoms with Crippen LogP contribution in [0.3, 0.4) is 0 Å². The van der Waals surface area contributed by atoms with E-state index in [1.165, 1.54) is 0 Å². The summed E-state index contributed by atoms with van der Waals surface area (Å²) in [6.07, 6.45) is 0.829. The van der Waals surface area contributed by atoms with Crippen LogP contribution in [-0.4, -0.2) is 38.3 Å². The second-order valence-electron chi connectivity index (χ2n) is 7.09. The monoisotopic (exact) mass is 408 g/mol. The fourth-order valence-corrected chi connectivity index (χ4v) is 3.62. The van der Waals surface area contributed by atoms with Gasteiger partial charge in [0.15, 0.2) is 5.82 Å². The molecule has 0 saturated heterocycles. The van der Waals surface area contributed by atoms with E-state index in [0.717, 1.165) is 28.9 Å². The molecule has 1 amide bonds. The number of anilines is 1. The number of aromatic amines is 1. The van der Waals surface area contributed by atoms with Crippen LogP contribution in [0.1, 0.15) is 37.2 Å². The topological polar surface area (TPSA) is 87.1 Å². The second kappa shape index (κ2) is 8.13. The van der Waals surface area contributed by atoms with Gasteiger partial charge in [0.25, 0.3) is 5.91 Å². The Bertz CT molecular complexity index is 1030. The van der Waals surface area contributed by atoms with Gasteiger partial charge in [0.1, 0.15) is 6.04 Å². The van der Waals surface area contributed by atoms with Crippen molar-refractivity contribution in [3.63, 3.8) is 0 Å². The fourth-order valence-electron chi connectivity index (χ4n) is 3.45. The molecule has 1 aliphatic heterocycles. The average Bonchev–Trinajstić information content (AvgIpc) is 3.22. The zero-order valence-corrected chi connectivity index (χ0v) is 17.0. The van der Waals surface area contributed by atoms with Crippen molar-refractivity contribution < 1.29 is 4.79 Å². The molecule has 8 heteroatoms. The Balaban J connectivity index is 1.92. The molecule has 29 heavy (non-hydrogen) atoms. The van der Waals surface area contributed by atoms with Gasteiger partial charge >= 0.3 is 0 Å². The molecule has 1 N–H and O–H groups in total. The second-order valence-corrected chi connectivity index (χ2v) is 7.52. The van der Waals surface area contributed by atoms with Crippen LogP contribution in [0.25, 0.3) is 0 Å². The maximum atomic E-state index is 13.6. The van der Waals surface area contributed by atoms with Crippen molar-refractivity contribution in [2.24, 2.45) is 10.9 Å². The molecule has 0 radical (unpaired) electrons. The molecule has 148 valence electrons. The third-order valence-electron chi connectivity index (χ3n) is 5.21. The van der Waals surface area contributed by atoms with Gasteiger partial charge in [-0.25, -0.2) is 0 Å². The van der Waals surface area contributed by atoms with E-state index in [0.29, 0.717) is 10.8 Å². The van der Waals surface area contributed by atoms with Gasteiger partial charge in [-0.3, -0.25) is 9.79 Å².